The zero-order valence-electron chi connectivity index (χ0n) is 16.4. The number of carbonyl (C=O) groups is 2. The monoisotopic (exact) mass is 443 g/mol. The third-order valence-corrected chi connectivity index (χ3v) is 5.19. The molecule has 168 valence electrons. The first kappa shape index (κ1) is 22.5. The van der Waals surface area contributed by atoms with E-state index < -0.39 is 12.1 Å². The number of nitrogens with one attached hydrogen (secondary N) is 1. The molecule has 0 unspecified atom stereocenters. The highest BCUT2D eigenvalue weighted by molar-refractivity contribution is 5.94. The van der Waals surface area contributed by atoms with Gasteiger partial charge in [0.15, 0.2) is 0 Å². The number of nitrogens with zero attached hydrogens (tertiary/aromatic N) is 4. The smallest absolute Gasteiger partial charge is 0.475 e. The second-order valence-electron chi connectivity index (χ2n) is 7.28. The third kappa shape index (κ3) is 5.10. The summed E-state index contributed by atoms with van der Waals surface area (Å²) in [7, 11) is 0. The standard InChI is InChI=1S/C16H19N5O3.C2HF3O2/c1-11-13(5-20-24-11)14(22)19-8-16-9-21(6-12(16)7-23-10-16)15-17-3-2-4-18-15;3-2(4,5)1(6)7/h2-5,12H,6-10H2,1H3,(H,19,22);(H,6,7)/t12-,16+;/m1./s1. The van der Waals surface area contributed by atoms with Crippen molar-refractivity contribution in [2.75, 3.05) is 37.7 Å². The van der Waals surface area contributed by atoms with Crippen LogP contribution in [0.2, 0.25) is 0 Å². The summed E-state index contributed by atoms with van der Waals surface area (Å²) < 4.78 is 42.4. The highest BCUT2D eigenvalue weighted by Gasteiger charge is 2.51. The number of hydrogen-bond donors (Lipinski definition) is 2. The number of rotatable bonds is 4. The molecular formula is C18H20F3N5O5. The zero-order chi connectivity index (χ0) is 22.6. The fourth-order valence-corrected chi connectivity index (χ4v) is 3.56. The van der Waals surface area contributed by atoms with Crippen molar-refractivity contribution in [2.24, 2.45) is 11.3 Å². The lowest BCUT2D eigenvalue weighted by molar-refractivity contribution is -0.192. The average molecular weight is 443 g/mol. The number of ether oxygens (including phenoxy) is 1. The first-order valence-electron chi connectivity index (χ1n) is 9.22. The molecule has 0 aromatic carbocycles. The van der Waals surface area contributed by atoms with Gasteiger partial charge in [0.25, 0.3) is 5.91 Å². The van der Waals surface area contributed by atoms with Crippen LogP contribution in [-0.2, 0) is 9.53 Å². The number of carbonyl (C=O) groups excluding carboxylic acids is 1. The summed E-state index contributed by atoms with van der Waals surface area (Å²) in [5.74, 6) is -1.32. The normalized spacial score (nSPS) is 22.5. The maximum atomic E-state index is 12.3. The van der Waals surface area contributed by atoms with Crippen molar-refractivity contribution in [3.05, 3.63) is 36.0 Å². The van der Waals surface area contributed by atoms with Crippen LogP contribution < -0.4 is 10.2 Å². The highest BCUT2D eigenvalue weighted by Crippen LogP contribution is 2.41. The Morgan fingerprint density at radius 3 is 2.61 bits per heavy atom. The van der Waals surface area contributed by atoms with Crippen molar-refractivity contribution in [3.8, 4) is 0 Å². The molecule has 13 heteroatoms. The highest BCUT2D eigenvalue weighted by atomic mass is 19.4. The predicted molar refractivity (Wildman–Crippen MR) is 98.3 cm³/mol. The summed E-state index contributed by atoms with van der Waals surface area (Å²) in [6, 6.07) is 1.81. The van der Waals surface area contributed by atoms with E-state index in [1.165, 1.54) is 6.20 Å². The molecule has 2 fully saturated rings. The van der Waals surface area contributed by atoms with Gasteiger partial charge in [0.05, 0.1) is 19.4 Å². The number of fused-ring (bicyclic) bond motifs is 1. The molecular weight excluding hydrogens is 423 g/mol. The topological polar surface area (TPSA) is 131 Å². The van der Waals surface area contributed by atoms with Gasteiger partial charge in [0, 0.05) is 43.4 Å². The lowest BCUT2D eigenvalue weighted by Crippen LogP contribution is -2.43. The molecule has 2 aromatic rings. The van der Waals surface area contributed by atoms with Crippen molar-refractivity contribution in [2.45, 2.75) is 13.1 Å². The minimum atomic E-state index is -5.08. The predicted octanol–water partition coefficient (Wildman–Crippen LogP) is 1.29. The van der Waals surface area contributed by atoms with E-state index in [0.717, 1.165) is 19.0 Å². The molecule has 31 heavy (non-hydrogen) atoms. The lowest BCUT2D eigenvalue weighted by Gasteiger charge is -2.27. The van der Waals surface area contributed by atoms with Crippen LogP contribution in [0.3, 0.4) is 0 Å². The van der Waals surface area contributed by atoms with E-state index in [2.05, 4.69) is 25.3 Å². The number of carboxylic acid groups (broad SMARTS) is 1. The molecule has 2 aliphatic heterocycles. The molecule has 10 nitrogen and oxygen atoms in total. The van der Waals surface area contributed by atoms with Gasteiger partial charge in [0.1, 0.15) is 11.3 Å². The number of amides is 1. The van der Waals surface area contributed by atoms with Crippen molar-refractivity contribution < 1.29 is 37.1 Å². The summed E-state index contributed by atoms with van der Waals surface area (Å²) in [4.78, 5) is 32.1. The van der Waals surface area contributed by atoms with Crippen LogP contribution in [0.4, 0.5) is 19.1 Å². The van der Waals surface area contributed by atoms with Crippen LogP contribution in [0.1, 0.15) is 16.1 Å². The molecule has 2 N–H and O–H groups in total. The van der Waals surface area contributed by atoms with Gasteiger partial charge >= 0.3 is 12.1 Å². The molecule has 1 amide bonds. The molecule has 0 aliphatic carbocycles. The van der Waals surface area contributed by atoms with Gasteiger partial charge in [-0.25, -0.2) is 14.8 Å². The summed E-state index contributed by atoms with van der Waals surface area (Å²) in [6.07, 6.45) is -0.143. The van der Waals surface area contributed by atoms with Gasteiger partial charge < -0.3 is 24.6 Å². The zero-order valence-corrected chi connectivity index (χ0v) is 16.4. The van der Waals surface area contributed by atoms with Crippen molar-refractivity contribution in [1.29, 1.82) is 0 Å². The first-order chi connectivity index (χ1) is 14.6. The van der Waals surface area contributed by atoms with E-state index in [-0.39, 0.29) is 11.3 Å². The number of aliphatic carboxylic acids is 1. The maximum absolute atomic E-state index is 12.3. The molecule has 0 bridgehead atoms. The Morgan fingerprint density at radius 1 is 1.35 bits per heavy atom. The molecule has 4 rings (SSSR count). The second kappa shape index (κ2) is 8.88. The molecule has 0 radical (unpaired) electrons. The molecule has 4 heterocycles. The quantitative estimate of drug-likeness (QED) is 0.718. The Bertz CT molecular complexity index is 923. The van der Waals surface area contributed by atoms with Crippen molar-refractivity contribution >= 4 is 17.8 Å². The molecule has 2 atom stereocenters. The minimum absolute atomic E-state index is 0.111. The Hall–Kier alpha value is -3.22. The molecule has 2 aromatic heterocycles. The van der Waals surface area contributed by atoms with Crippen LogP contribution in [0.5, 0.6) is 0 Å². The van der Waals surface area contributed by atoms with Crippen LogP contribution in [0.15, 0.2) is 29.2 Å². The number of halogens is 3. The van der Waals surface area contributed by atoms with Gasteiger partial charge in [-0.1, -0.05) is 5.16 Å². The Labute approximate surface area is 174 Å². The molecule has 0 spiro atoms. The van der Waals surface area contributed by atoms with Gasteiger partial charge in [0.2, 0.25) is 5.95 Å². The summed E-state index contributed by atoms with van der Waals surface area (Å²) in [5.41, 5.74) is 0.364. The maximum Gasteiger partial charge on any atom is 0.490 e. The number of aryl methyl sites for hydroxylation is 1. The number of aromatic nitrogens is 3. The van der Waals surface area contributed by atoms with E-state index in [1.807, 2.05) is 0 Å². The van der Waals surface area contributed by atoms with Crippen LogP contribution in [0, 0.1) is 18.3 Å². The largest absolute Gasteiger partial charge is 0.490 e. The molecule has 2 saturated heterocycles. The summed E-state index contributed by atoms with van der Waals surface area (Å²) in [5, 5.41) is 13.8. The van der Waals surface area contributed by atoms with Gasteiger partial charge in [-0.2, -0.15) is 13.2 Å². The average Bonchev–Trinajstić information content (AvgIpc) is 3.40. The van der Waals surface area contributed by atoms with Crippen molar-refractivity contribution in [1.82, 2.24) is 20.4 Å². The number of carboxylic acids is 1. The fraction of sp³-hybridized carbons (Fsp3) is 0.500. The van der Waals surface area contributed by atoms with Crippen molar-refractivity contribution in [3.63, 3.8) is 0 Å². The van der Waals surface area contributed by atoms with Gasteiger partial charge in [-0.3, -0.25) is 4.79 Å². The molecule has 0 saturated carbocycles. The molecule has 2 aliphatic rings. The Kier molecular flexibility index (Phi) is 6.43. The number of hydrogen-bond acceptors (Lipinski definition) is 8. The number of alkyl halides is 3. The van der Waals surface area contributed by atoms with Crippen LogP contribution in [0.25, 0.3) is 0 Å². The van der Waals surface area contributed by atoms with E-state index >= 15 is 0 Å². The van der Waals surface area contributed by atoms with E-state index in [4.69, 9.17) is 19.2 Å². The minimum Gasteiger partial charge on any atom is -0.475 e. The van der Waals surface area contributed by atoms with Gasteiger partial charge in [-0.05, 0) is 13.0 Å². The van der Waals surface area contributed by atoms with E-state index in [1.54, 1.807) is 25.4 Å². The number of anilines is 1. The SMILES string of the molecule is Cc1oncc1C(=O)NC[C@]12COC[C@H]1CN(c1ncccn1)C2.O=C(O)C(F)(F)F. The second-order valence-corrected chi connectivity index (χ2v) is 7.28. The Balaban J connectivity index is 0.000000339. The third-order valence-electron chi connectivity index (χ3n) is 5.19. The fourth-order valence-electron chi connectivity index (χ4n) is 3.56. The summed E-state index contributed by atoms with van der Waals surface area (Å²) in [6.45, 7) is 5.21. The summed E-state index contributed by atoms with van der Waals surface area (Å²) >= 11 is 0. The van der Waals surface area contributed by atoms with E-state index in [0.29, 0.717) is 37.0 Å². The van der Waals surface area contributed by atoms with Crippen LogP contribution >= 0.6 is 0 Å². The van der Waals surface area contributed by atoms with Crippen LogP contribution in [-0.4, -0.2) is 71.1 Å². The first-order valence-corrected chi connectivity index (χ1v) is 9.22. The lowest BCUT2D eigenvalue weighted by atomic mass is 9.81. The van der Waals surface area contributed by atoms with E-state index in [9.17, 15) is 18.0 Å². The Morgan fingerprint density at radius 2 is 2.03 bits per heavy atom. The van der Waals surface area contributed by atoms with Gasteiger partial charge in [-0.15, -0.1) is 0 Å².